The minimum Gasteiger partial charge on any atom is -0.378 e. The lowest BCUT2D eigenvalue weighted by molar-refractivity contribution is 0.0273. The first-order valence-electron chi connectivity index (χ1n) is 8.17. The van der Waals surface area contributed by atoms with Gasteiger partial charge in [-0.1, -0.05) is 25.3 Å². The summed E-state index contributed by atoms with van der Waals surface area (Å²) in [4.78, 5) is 4.57. The van der Waals surface area contributed by atoms with Crippen molar-refractivity contribution in [3.63, 3.8) is 0 Å². The van der Waals surface area contributed by atoms with Crippen LogP contribution in [-0.4, -0.2) is 28.6 Å². The summed E-state index contributed by atoms with van der Waals surface area (Å²) < 4.78 is 7.98. The van der Waals surface area contributed by atoms with Crippen molar-refractivity contribution in [2.75, 3.05) is 13.2 Å². The van der Waals surface area contributed by atoms with Gasteiger partial charge in [0.05, 0.1) is 11.8 Å². The van der Waals surface area contributed by atoms with Gasteiger partial charge in [-0.15, -0.1) is 0 Å². The number of aromatic nitrogens is 2. The Balaban J connectivity index is 1.31. The van der Waals surface area contributed by atoms with Crippen molar-refractivity contribution in [2.24, 2.45) is 0 Å². The van der Waals surface area contributed by atoms with E-state index in [4.69, 9.17) is 4.74 Å². The van der Waals surface area contributed by atoms with Crippen LogP contribution in [0.15, 0.2) is 30.6 Å². The summed E-state index contributed by atoms with van der Waals surface area (Å²) in [6.45, 7) is 2.69. The number of hydrogen-bond donors (Lipinski definition) is 1. The van der Waals surface area contributed by atoms with Crippen molar-refractivity contribution in [1.82, 2.24) is 14.7 Å². The first kappa shape index (κ1) is 14.5. The largest absolute Gasteiger partial charge is 0.378 e. The smallest absolute Gasteiger partial charge is 0.137 e. The highest BCUT2D eigenvalue weighted by atomic mass is 16.5. The summed E-state index contributed by atoms with van der Waals surface area (Å²) in [6.07, 6.45) is 12.3. The summed E-state index contributed by atoms with van der Waals surface area (Å²) in [6, 6.07) is 6.07. The molecule has 1 saturated carbocycles. The van der Waals surface area contributed by atoms with Gasteiger partial charge in [0.25, 0.3) is 0 Å². The monoisotopic (exact) mass is 287 g/mol. The number of nitrogens with one attached hydrogen (secondary N) is 1. The molecule has 0 bridgehead atoms. The van der Waals surface area contributed by atoms with E-state index in [1.165, 1.54) is 32.1 Å². The molecule has 1 aliphatic rings. The van der Waals surface area contributed by atoms with Crippen LogP contribution in [-0.2, 0) is 11.3 Å². The van der Waals surface area contributed by atoms with E-state index in [0.717, 1.165) is 37.5 Å². The maximum atomic E-state index is 5.92. The predicted octanol–water partition coefficient (Wildman–Crippen LogP) is 3.16. The average molecular weight is 287 g/mol. The molecule has 0 saturated heterocycles. The predicted molar refractivity (Wildman–Crippen MR) is 84.3 cm³/mol. The second kappa shape index (κ2) is 7.57. The van der Waals surface area contributed by atoms with E-state index >= 15 is 0 Å². The zero-order valence-corrected chi connectivity index (χ0v) is 12.6. The Kier molecular flexibility index (Phi) is 5.24. The zero-order chi connectivity index (χ0) is 14.3. The van der Waals surface area contributed by atoms with Crippen LogP contribution in [0.1, 0.15) is 44.2 Å². The topological polar surface area (TPSA) is 38.6 Å². The fourth-order valence-corrected chi connectivity index (χ4v) is 2.97. The quantitative estimate of drug-likeness (QED) is 0.795. The number of rotatable bonds is 7. The van der Waals surface area contributed by atoms with Crippen LogP contribution in [0.4, 0.5) is 0 Å². The summed E-state index contributed by atoms with van der Waals surface area (Å²) in [5.74, 6) is 0. The Labute approximate surface area is 126 Å². The lowest BCUT2D eigenvalue weighted by Crippen LogP contribution is -2.20. The molecule has 0 aliphatic heterocycles. The molecule has 3 rings (SSSR count). The molecule has 1 fully saturated rings. The number of ether oxygens (including phenoxy) is 1. The third kappa shape index (κ3) is 4.29. The minimum atomic E-state index is 0.525. The summed E-state index contributed by atoms with van der Waals surface area (Å²) in [7, 11) is 0. The van der Waals surface area contributed by atoms with Gasteiger partial charge < -0.3 is 14.5 Å². The second-order valence-corrected chi connectivity index (χ2v) is 5.86. The molecule has 2 heterocycles. The summed E-state index contributed by atoms with van der Waals surface area (Å²) in [5.41, 5.74) is 2.10. The fourth-order valence-electron chi connectivity index (χ4n) is 2.97. The van der Waals surface area contributed by atoms with Crippen LogP contribution in [0.2, 0.25) is 0 Å². The highest BCUT2D eigenvalue weighted by molar-refractivity contribution is 5.39. The first-order valence-corrected chi connectivity index (χ1v) is 8.17. The Morgan fingerprint density at radius 1 is 1.24 bits per heavy atom. The van der Waals surface area contributed by atoms with Gasteiger partial charge in [-0.05, 0) is 37.9 Å². The van der Waals surface area contributed by atoms with Crippen molar-refractivity contribution in [3.05, 3.63) is 36.3 Å². The third-order valence-electron chi connectivity index (χ3n) is 4.12. The Morgan fingerprint density at radius 2 is 2.14 bits per heavy atom. The Bertz CT molecular complexity index is 513. The number of hydrogen-bond acceptors (Lipinski definition) is 3. The molecule has 0 aromatic carbocycles. The molecule has 0 atom stereocenters. The van der Waals surface area contributed by atoms with Gasteiger partial charge in [-0.2, -0.15) is 0 Å². The maximum absolute atomic E-state index is 5.92. The molecular formula is C17H25N3O. The molecule has 114 valence electrons. The molecule has 2 aromatic heterocycles. The molecule has 2 aromatic rings. The zero-order valence-electron chi connectivity index (χ0n) is 12.6. The van der Waals surface area contributed by atoms with Crippen LogP contribution in [0.5, 0.6) is 0 Å². The van der Waals surface area contributed by atoms with Crippen LogP contribution in [0.25, 0.3) is 5.65 Å². The molecule has 0 spiro atoms. The summed E-state index contributed by atoms with van der Waals surface area (Å²) in [5, 5.41) is 3.44. The number of nitrogens with zero attached hydrogens (tertiary/aromatic N) is 2. The molecule has 0 radical (unpaired) electrons. The first-order chi connectivity index (χ1) is 10.4. The van der Waals surface area contributed by atoms with Crippen molar-refractivity contribution in [2.45, 2.75) is 51.2 Å². The average Bonchev–Trinajstić information content (AvgIpc) is 2.94. The maximum Gasteiger partial charge on any atom is 0.137 e. The van der Waals surface area contributed by atoms with Gasteiger partial charge in [0.15, 0.2) is 0 Å². The van der Waals surface area contributed by atoms with E-state index < -0.39 is 0 Å². The van der Waals surface area contributed by atoms with Gasteiger partial charge >= 0.3 is 0 Å². The third-order valence-corrected chi connectivity index (χ3v) is 4.12. The van der Waals surface area contributed by atoms with Crippen LogP contribution in [0, 0.1) is 0 Å². The molecular weight excluding hydrogens is 262 g/mol. The van der Waals surface area contributed by atoms with Crippen LogP contribution >= 0.6 is 0 Å². The van der Waals surface area contributed by atoms with Crippen molar-refractivity contribution < 1.29 is 4.74 Å². The van der Waals surface area contributed by atoms with E-state index in [2.05, 4.69) is 20.9 Å². The van der Waals surface area contributed by atoms with Gasteiger partial charge in [0.2, 0.25) is 0 Å². The molecule has 0 unspecified atom stereocenters. The number of fused-ring (bicyclic) bond motifs is 1. The second-order valence-electron chi connectivity index (χ2n) is 5.86. The number of pyridine rings is 1. The lowest BCUT2D eigenvalue weighted by atomic mass is 9.98. The van der Waals surface area contributed by atoms with Crippen molar-refractivity contribution in [3.8, 4) is 0 Å². The van der Waals surface area contributed by atoms with E-state index in [1.807, 2.05) is 24.4 Å². The van der Waals surface area contributed by atoms with E-state index in [1.54, 1.807) is 0 Å². The van der Waals surface area contributed by atoms with Crippen molar-refractivity contribution in [1.29, 1.82) is 0 Å². The molecule has 1 aliphatic carbocycles. The van der Waals surface area contributed by atoms with E-state index in [9.17, 15) is 0 Å². The van der Waals surface area contributed by atoms with Gasteiger partial charge in [-0.25, -0.2) is 4.98 Å². The van der Waals surface area contributed by atoms with Gasteiger partial charge in [0.1, 0.15) is 5.65 Å². The summed E-state index contributed by atoms with van der Waals surface area (Å²) >= 11 is 0. The highest BCUT2D eigenvalue weighted by Crippen LogP contribution is 2.20. The normalized spacial score (nSPS) is 16.6. The molecule has 4 heteroatoms. The molecule has 0 amide bonds. The standard InChI is InChI=1S/C17H25N3O/c1-2-7-16(8-3-1)21-12-6-10-18-13-15-14-20-11-5-4-9-17(20)19-15/h4-5,9,11,14,16,18H,1-3,6-8,10,12-13H2. The Hall–Kier alpha value is -1.39. The van der Waals surface area contributed by atoms with E-state index in [0.29, 0.717) is 6.10 Å². The number of imidazole rings is 1. The van der Waals surface area contributed by atoms with E-state index in [-0.39, 0.29) is 0 Å². The SMILES string of the molecule is c1ccn2cc(CNCCCOC3CCCCC3)nc2c1. The van der Waals surface area contributed by atoms with Gasteiger partial charge in [0, 0.05) is 25.5 Å². The molecule has 21 heavy (non-hydrogen) atoms. The van der Waals surface area contributed by atoms with Crippen LogP contribution in [0.3, 0.4) is 0 Å². The highest BCUT2D eigenvalue weighted by Gasteiger charge is 2.12. The van der Waals surface area contributed by atoms with Crippen molar-refractivity contribution >= 4 is 5.65 Å². The minimum absolute atomic E-state index is 0.525. The lowest BCUT2D eigenvalue weighted by Gasteiger charge is -2.21. The Morgan fingerprint density at radius 3 is 3.00 bits per heavy atom. The fraction of sp³-hybridized carbons (Fsp3) is 0.588. The molecule has 4 nitrogen and oxygen atoms in total. The molecule has 1 N–H and O–H groups in total. The van der Waals surface area contributed by atoms with Crippen LogP contribution < -0.4 is 5.32 Å². The van der Waals surface area contributed by atoms with Gasteiger partial charge in [-0.3, -0.25) is 0 Å².